The van der Waals surface area contributed by atoms with E-state index >= 15 is 0 Å². The number of carbonyl (C=O) groups is 2. The zero-order chi connectivity index (χ0) is 12.3. The fourth-order valence-corrected chi connectivity index (χ4v) is 2.05. The van der Waals surface area contributed by atoms with Crippen LogP contribution in [-0.2, 0) is 4.79 Å². The Morgan fingerprint density at radius 1 is 1.29 bits per heavy atom. The first-order chi connectivity index (χ1) is 8.13. The maximum atomic E-state index is 11.6. The number of nitrogens with two attached hydrogens (primary N) is 1. The minimum atomic E-state index is -0.376. The van der Waals surface area contributed by atoms with Crippen LogP contribution < -0.4 is 16.4 Å². The van der Waals surface area contributed by atoms with Crippen LogP contribution in [0.1, 0.15) is 25.7 Å². The maximum Gasteiger partial charge on any atom is 0.321 e. The molecule has 1 unspecified atom stereocenters. The number of amides is 3. The van der Waals surface area contributed by atoms with Crippen molar-refractivity contribution in [1.82, 2.24) is 15.5 Å². The summed E-state index contributed by atoms with van der Waals surface area (Å²) in [7, 11) is 0. The van der Waals surface area contributed by atoms with Gasteiger partial charge in [0.05, 0.1) is 6.54 Å². The number of nitrogens with one attached hydrogen (secondary N) is 2. The number of urea groups is 1. The zero-order valence-electron chi connectivity index (χ0n) is 9.95. The summed E-state index contributed by atoms with van der Waals surface area (Å²) >= 11 is 0. The third-order valence-electron chi connectivity index (χ3n) is 3.07. The average Bonchev–Trinajstić information content (AvgIpc) is 3.00. The van der Waals surface area contributed by atoms with Gasteiger partial charge in [-0.2, -0.15) is 0 Å². The minimum Gasteiger partial charge on any atom is -0.335 e. The summed E-state index contributed by atoms with van der Waals surface area (Å²) < 4.78 is 0. The van der Waals surface area contributed by atoms with E-state index < -0.39 is 0 Å². The zero-order valence-corrected chi connectivity index (χ0v) is 9.95. The molecular weight excluding hydrogens is 220 g/mol. The second kappa shape index (κ2) is 5.46. The van der Waals surface area contributed by atoms with Gasteiger partial charge in [0.15, 0.2) is 0 Å². The second-order valence-corrected chi connectivity index (χ2v) is 4.93. The van der Waals surface area contributed by atoms with Crippen molar-refractivity contribution in [2.45, 2.75) is 37.8 Å². The van der Waals surface area contributed by atoms with Crippen LogP contribution in [0.3, 0.4) is 0 Å². The standard InChI is InChI=1S/C11H20N4O2/c12-8-2-1-5-15(6-8)7-10(16)14-11(17)13-9-3-4-9/h8-9H,1-7,12H2,(H2,13,14,16,17). The molecule has 0 bridgehead atoms. The predicted octanol–water partition coefficient (Wildman–Crippen LogP) is -0.602. The fourth-order valence-electron chi connectivity index (χ4n) is 2.05. The first-order valence-electron chi connectivity index (χ1n) is 6.22. The van der Waals surface area contributed by atoms with Gasteiger partial charge in [-0.15, -0.1) is 0 Å². The molecule has 17 heavy (non-hydrogen) atoms. The summed E-state index contributed by atoms with van der Waals surface area (Å²) in [5, 5.41) is 5.06. The third-order valence-corrected chi connectivity index (χ3v) is 3.07. The Hall–Kier alpha value is -1.14. The van der Waals surface area contributed by atoms with E-state index in [1.807, 2.05) is 4.90 Å². The molecule has 0 spiro atoms. The number of rotatable bonds is 3. The molecule has 6 nitrogen and oxygen atoms in total. The molecule has 0 radical (unpaired) electrons. The molecule has 1 aliphatic heterocycles. The largest absolute Gasteiger partial charge is 0.335 e. The van der Waals surface area contributed by atoms with Gasteiger partial charge < -0.3 is 11.1 Å². The number of likely N-dealkylation sites (tertiary alicyclic amines) is 1. The summed E-state index contributed by atoms with van der Waals surface area (Å²) in [6, 6.07) is 0.0434. The monoisotopic (exact) mass is 240 g/mol. The van der Waals surface area contributed by atoms with E-state index in [2.05, 4.69) is 10.6 Å². The number of nitrogens with zero attached hydrogens (tertiary/aromatic N) is 1. The molecule has 1 saturated heterocycles. The minimum absolute atomic E-state index is 0.150. The van der Waals surface area contributed by atoms with Crippen LogP contribution in [0, 0.1) is 0 Å². The van der Waals surface area contributed by atoms with E-state index in [-0.39, 0.29) is 30.6 Å². The average molecular weight is 240 g/mol. The molecule has 1 saturated carbocycles. The number of carbonyl (C=O) groups excluding carboxylic acids is 2. The van der Waals surface area contributed by atoms with Gasteiger partial charge in [-0.25, -0.2) is 4.79 Å². The van der Waals surface area contributed by atoms with E-state index in [0.717, 1.165) is 38.8 Å². The van der Waals surface area contributed by atoms with Crippen LogP contribution in [0.4, 0.5) is 4.79 Å². The molecule has 2 fully saturated rings. The molecule has 0 aromatic rings. The summed E-state index contributed by atoms with van der Waals surface area (Å²) in [5.74, 6) is -0.253. The molecule has 3 amide bonds. The van der Waals surface area contributed by atoms with Gasteiger partial charge in [-0.3, -0.25) is 15.0 Å². The van der Waals surface area contributed by atoms with Crippen molar-refractivity contribution in [2.24, 2.45) is 5.73 Å². The van der Waals surface area contributed by atoms with Gasteiger partial charge in [0.25, 0.3) is 0 Å². The van der Waals surface area contributed by atoms with Crippen molar-refractivity contribution in [3.8, 4) is 0 Å². The Balaban J connectivity index is 1.66. The highest BCUT2D eigenvalue weighted by Crippen LogP contribution is 2.18. The Labute approximate surface area is 101 Å². The lowest BCUT2D eigenvalue weighted by Gasteiger charge is -2.29. The van der Waals surface area contributed by atoms with Crippen molar-refractivity contribution < 1.29 is 9.59 Å². The van der Waals surface area contributed by atoms with Gasteiger partial charge in [0, 0.05) is 18.6 Å². The van der Waals surface area contributed by atoms with Crippen LogP contribution in [0.5, 0.6) is 0 Å². The maximum absolute atomic E-state index is 11.6. The van der Waals surface area contributed by atoms with Crippen molar-refractivity contribution in [3.63, 3.8) is 0 Å². The number of piperidine rings is 1. The van der Waals surface area contributed by atoms with E-state index in [1.165, 1.54) is 0 Å². The Morgan fingerprint density at radius 3 is 2.71 bits per heavy atom. The highest BCUT2D eigenvalue weighted by molar-refractivity contribution is 5.95. The van der Waals surface area contributed by atoms with Crippen LogP contribution in [0.15, 0.2) is 0 Å². The van der Waals surface area contributed by atoms with Crippen LogP contribution in [-0.4, -0.2) is 48.6 Å². The molecular formula is C11H20N4O2. The smallest absolute Gasteiger partial charge is 0.321 e. The van der Waals surface area contributed by atoms with Crippen molar-refractivity contribution in [3.05, 3.63) is 0 Å². The second-order valence-electron chi connectivity index (χ2n) is 4.93. The number of hydrogen-bond donors (Lipinski definition) is 3. The Kier molecular flexibility index (Phi) is 3.96. The number of hydrogen-bond acceptors (Lipinski definition) is 4. The van der Waals surface area contributed by atoms with Gasteiger partial charge in [0.2, 0.25) is 5.91 Å². The van der Waals surface area contributed by atoms with Crippen LogP contribution >= 0.6 is 0 Å². The van der Waals surface area contributed by atoms with Crippen molar-refractivity contribution >= 4 is 11.9 Å². The van der Waals surface area contributed by atoms with Crippen molar-refractivity contribution in [2.75, 3.05) is 19.6 Å². The van der Waals surface area contributed by atoms with Gasteiger partial charge in [0.1, 0.15) is 0 Å². The van der Waals surface area contributed by atoms with E-state index in [1.54, 1.807) is 0 Å². The van der Waals surface area contributed by atoms with E-state index in [9.17, 15) is 9.59 Å². The van der Waals surface area contributed by atoms with Crippen molar-refractivity contribution in [1.29, 1.82) is 0 Å². The molecule has 4 N–H and O–H groups in total. The fraction of sp³-hybridized carbons (Fsp3) is 0.818. The topological polar surface area (TPSA) is 87.5 Å². The molecule has 0 aromatic heterocycles. The molecule has 0 aromatic carbocycles. The van der Waals surface area contributed by atoms with Gasteiger partial charge >= 0.3 is 6.03 Å². The number of imide groups is 1. The summed E-state index contributed by atoms with van der Waals surface area (Å²) in [4.78, 5) is 24.9. The molecule has 96 valence electrons. The lowest BCUT2D eigenvalue weighted by molar-refractivity contribution is -0.121. The van der Waals surface area contributed by atoms with Gasteiger partial charge in [-0.1, -0.05) is 0 Å². The van der Waals surface area contributed by atoms with E-state index in [0.29, 0.717) is 0 Å². The Bertz CT molecular complexity index is 304. The lowest BCUT2D eigenvalue weighted by Crippen LogP contribution is -2.49. The highest BCUT2D eigenvalue weighted by Gasteiger charge is 2.24. The molecule has 6 heteroatoms. The first kappa shape index (κ1) is 12.3. The summed E-state index contributed by atoms with van der Waals surface area (Å²) in [5.41, 5.74) is 5.82. The first-order valence-corrected chi connectivity index (χ1v) is 6.22. The lowest BCUT2D eigenvalue weighted by atomic mass is 10.1. The van der Waals surface area contributed by atoms with Gasteiger partial charge in [-0.05, 0) is 32.2 Å². The summed E-state index contributed by atoms with van der Waals surface area (Å²) in [6.07, 6.45) is 4.06. The summed E-state index contributed by atoms with van der Waals surface area (Å²) in [6.45, 7) is 1.87. The molecule has 1 heterocycles. The highest BCUT2D eigenvalue weighted by atomic mass is 16.2. The van der Waals surface area contributed by atoms with Crippen LogP contribution in [0.25, 0.3) is 0 Å². The SMILES string of the molecule is NC1CCCN(CC(=O)NC(=O)NC2CC2)C1. The van der Waals surface area contributed by atoms with E-state index in [4.69, 9.17) is 5.73 Å². The van der Waals surface area contributed by atoms with Crippen LogP contribution in [0.2, 0.25) is 0 Å². The predicted molar refractivity (Wildman–Crippen MR) is 63.3 cm³/mol. The molecule has 1 aliphatic carbocycles. The normalized spacial score (nSPS) is 25.4. The quantitative estimate of drug-likeness (QED) is 0.614. The third kappa shape index (κ3) is 4.32. The Morgan fingerprint density at radius 2 is 2.06 bits per heavy atom. The molecule has 2 aliphatic rings. The molecule has 1 atom stereocenters. The molecule has 2 rings (SSSR count).